The summed E-state index contributed by atoms with van der Waals surface area (Å²) in [6, 6.07) is 11.5. The molecule has 0 saturated carbocycles. The number of halogens is 1. The first-order chi connectivity index (χ1) is 11.3. The van der Waals surface area contributed by atoms with Crippen molar-refractivity contribution in [2.24, 2.45) is 0 Å². The molecule has 7 heteroatoms. The second-order valence-electron chi connectivity index (χ2n) is 5.65. The Hall–Kier alpha value is -2.12. The Balaban J connectivity index is 2.02. The molecule has 2 N–H and O–H groups in total. The molecular weight excluding hydrogens is 392 g/mol. The second kappa shape index (κ2) is 6.07. The van der Waals surface area contributed by atoms with E-state index in [0.717, 1.165) is 10.0 Å². The van der Waals surface area contributed by atoms with E-state index in [1.54, 1.807) is 24.3 Å². The average molecular weight is 407 g/mol. The number of allylic oxidation sites excluding steroid dienone is 1. The molecule has 0 atom stereocenters. The highest BCUT2D eigenvalue weighted by atomic mass is 79.9. The van der Waals surface area contributed by atoms with Gasteiger partial charge in [-0.1, -0.05) is 27.6 Å². The molecule has 0 aliphatic carbocycles. The van der Waals surface area contributed by atoms with Crippen LogP contribution in [0, 0.1) is 0 Å². The fourth-order valence-electron chi connectivity index (χ4n) is 2.58. The van der Waals surface area contributed by atoms with Crippen molar-refractivity contribution in [1.29, 1.82) is 0 Å². The van der Waals surface area contributed by atoms with E-state index >= 15 is 0 Å². The lowest BCUT2D eigenvalue weighted by Crippen LogP contribution is -2.13. The van der Waals surface area contributed by atoms with Crippen LogP contribution in [-0.4, -0.2) is 14.3 Å². The van der Waals surface area contributed by atoms with Crippen molar-refractivity contribution in [3.8, 4) is 0 Å². The van der Waals surface area contributed by atoms with E-state index in [1.807, 2.05) is 19.9 Å². The highest BCUT2D eigenvalue weighted by Crippen LogP contribution is 2.35. The standard InChI is InChI=1S/C17H15BrN2O3S/c1-10(2)16-14-9-13(6-7-15(14)19-17(16)21)24(22,23)20-12-5-3-4-11(18)8-12/h3-9,20H,1-2H3,(H,19,21). The molecule has 0 fully saturated rings. The van der Waals surface area contributed by atoms with Gasteiger partial charge in [-0.05, 0) is 50.2 Å². The number of carbonyl (C=O) groups excluding carboxylic acids is 1. The Labute approximate surface area is 149 Å². The number of amides is 1. The zero-order valence-electron chi connectivity index (χ0n) is 13.1. The van der Waals surface area contributed by atoms with Gasteiger partial charge in [-0.2, -0.15) is 0 Å². The predicted octanol–water partition coefficient (Wildman–Crippen LogP) is 4.00. The molecule has 2 aromatic carbocycles. The summed E-state index contributed by atoms with van der Waals surface area (Å²) >= 11 is 3.31. The maximum absolute atomic E-state index is 12.6. The van der Waals surface area contributed by atoms with Gasteiger partial charge in [-0.25, -0.2) is 8.42 Å². The number of anilines is 2. The molecule has 0 unspecified atom stereocenters. The molecule has 1 aliphatic rings. The number of nitrogens with one attached hydrogen (secondary N) is 2. The third-order valence-corrected chi connectivity index (χ3v) is 5.49. The molecule has 0 radical (unpaired) electrons. The predicted molar refractivity (Wildman–Crippen MR) is 98.3 cm³/mol. The summed E-state index contributed by atoms with van der Waals surface area (Å²) in [7, 11) is -3.75. The summed E-state index contributed by atoms with van der Waals surface area (Å²) in [5.74, 6) is -0.209. The van der Waals surface area contributed by atoms with Crippen LogP contribution in [0.2, 0.25) is 0 Å². The zero-order chi connectivity index (χ0) is 17.5. The van der Waals surface area contributed by atoms with E-state index < -0.39 is 10.0 Å². The normalized spacial score (nSPS) is 13.5. The molecule has 124 valence electrons. The van der Waals surface area contributed by atoms with Crippen molar-refractivity contribution in [3.05, 3.63) is 58.1 Å². The van der Waals surface area contributed by atoms with E-state index in [1.165, 1.54) is 12.1 Å². The van der Waals surface area contributed by atoms with E-state index in [2.05, 4.69) is 26.0 Å². The Kier molecular flexibility index (Phi) is 4.23. The lowest BCUT2D eigenvalue weighted by molar-refractivity contribution is -0.110. The van der Waals surface area contributed by atoms with Crippen LogP contribution in [0.4, 0.5) is 11.4 Å². The molecule has 1 amide bonds. The number of hydrogen-bond acceptors (Lipinski definition) is 3. The molecule has 24 heavy (non-hydrogen) atoms. The minimum atomic E-state index is -3.75. The third kappa shape index (κ3) is 3.09. The number of sulfonamides is 1. The Bertz CT molecular complexity index is 977. The molecule has 0 spiro atoms. The maximum Gasteiger partial charge on any atom is 0.261 e. The summed E-state index contributed by atoms with van der Waals surface area (Å²) in [6.07, 6.45) is 0. The molecule has 5 nitrogen and oxygen atoms in total. The van der Waals surface area contributed by atoms with E-state index in [-0.39, 0.29) is 10.8 Å². The van der Waals surface area contributed by atoms with Crippen molar-refractivity contribution in [1.82, 2.24) is 0 Å². The fourth-order valence-corrected chi connectivity index (χ4v) is 4.05. The van der Waals surface area contributed by atoms with Crippen molar-refractivity contribution in [2.45, 2.75) is 18.7 Å². The summed E-state index contributed by atoms with van der Waals surface area (Å²) in [4.78, 5) is 12.1. The molecule has 3 rings (SSSR count). The maximum atomic E-state index is 12.6. The summed E-state index contributed by atoms with van der Waals surface area (Å²) in [5.41, 5.74) is 3.04. The van der Waals surface area contributed by atoms with E-state index in [9.17, 15) is 13.2 Å². The summed E-state index contributed by atoms with van der Waals surface area (Å²) < 4.78 is 28.6. The Morgan fingerprint density at radius 2 is 1.88 bits per heavy atom. The van der Waals surface area contributed by atoms with Crippen LogP contribution in [0.25, 0.3) is 5.57 Å². The summed E-state index contributed by atoms with van der Waals surface area (Å²) in [6.45, 7) is 3.65. The van der Waals surface area contributed by atoms with Crippen LogP contribution in [0.1, 0.15) is 19.4 Å². The lowest BCUT2D eigenvalue weighted by atomic mass is 10.0. The van der Waals surface area contributed by atoms with Gasteiger partial charge in [0.05, 0.1) is 4.90 Å². The molecular formula is C17H15BrN2O3S. The number of benzene rings is 2. The monoisotopic (exact) mass is 406 g/mol. The van der Waals surface area contributed by atoms with Crippen molar-refractivity contribution < 1.29 is 13.2 Å². The van der Waals surface area contributed by atoms with Gasteiger partial charge in [0.1, 0.15) is 0 Å². The van der Waals surface area contributed by atoms with Crippen LogP contribution in [0.15, 0.2) is 57.4 Å². The van der Waals surface area contributed by atoms with Crippen molar-refractivity contribution in [3.63, 3.8) is 0 Å². The number of hydrogen-bond donors (Lipinski definition) is 2. The Morgan fingerprint density at radius 3 is 2.54 bits per heavy atom. The summed E-state index contributed by atoms with van der Waals surface area (Å²) in [5, 5.41) is 2.75. The minimum Gasteiger partial charge on any atom is -0.321 e. The molecule has 0 saturated heterocycles. The number of fused-ring (bicyclic) bond motifs is 1. The van der Waals surface area contributed by atoms with Gasteiger partial charge in [-0.3, -0.25) is 9.52 Å². The Morgan fingerprint density at radius 1 is 1.12 bits per heavy atom. The van der Waals surface area contributed by atoms with Crippen LogP contribution in [0.5, 0.6) is 0 Å². The molecule has 2 aromatic rings. The highest BCUT2D eigenvalue weighted by molar-refractivity contribution is 9.10. The first kappa shape index (κ1) is 16.7. The smallest absolute Gasteiger partial charge is 0.261 e. The quantitative estimate of drug-likeness (QED) is 0.756. The van der Waals surface area contributed by atoms with Crippen LogP contribution >= 0.6 is 15.9 Å². The van der Waals surface area contributed by atoms with Crippen LogP contribution < -0.4 is 10.0 Å². The van der Waals surface area contributed by atoms with Gasteiger partial charge in [0.15, 0.2) is 0 Å². The highest BCUT2D eigenvalue weighted by Gasteiger charge is 2.27. The van der Waals surface area contributed by atoms with Crippen molar-refractivity contribution >= 4 is 48.8 Å². The second-order valence-corrected chi connectivity index (χ2v) is 8.25. The molecule has 0 bridgehead atoms. The molecule has 0 aromatic heterocycles. The van der Waals surface area contributed by atoms with Crippen LogP contribution in [-0.2, 0) is 14.8 Å². The van der Waals surface area contributed by atoms with E-state index in [0.29, 0.717) is 22.5 Å². The largest absolute Gasteiger partial charge is 0.321 e. The first-order valence-corrected chi connectivity index (χ1v) is 9.47. The molecule has 1 heterocycles. The van der Waals surface area contributed by atoms with Gasteiger partial charge in [0.25, 0.3) is 15.9 Å². The molecule has 1 aliphatic heterocycles. The average Bonchev–Trinajstić information content (AvgIpc) is 2.81. The van der Waals surface area contributed by atoms with Crippen molar-refractivity contribution in [2.75, 3.05) is 10.0 Å². The third-order valence-electron chi connectivity index (χ3n) is 3.62. The van der Waals surface area contributed by atoms with Crippen LogP contribution in [0.3, 0.4) is 0 Å². The number of rotatable bonds is 3. The van der Waals surface area contributed by atoms with Gasteiger partial charge in [-0.15, -0.1) is 0 Å². The fraction of sp³-hybridized carbons (Fsp3) is 0.118. The topological polar surface area (TPSA) is 75.3 Å². The van der Waals surface area contributed by atoms with Gasteiger partial charge in [0, 0.05) is 27.0 Å². The van der Waals surface area contributed by atoms with Gasteiger partial charge >= 0.3 is 0 Å². The van der Waals surface area contributed by atoms with Gasteiger partial charge in [0.2, 0.25) is 0 Å². The minimum absolute atomic E-state index is 0.108. The first-order valence-electron chi connectivity index (χ1n) is 7.19. The van der Waals surface area contributed by atoms with Gasteiger partial charge < -0.3 is 5.32 Å². The SMILES string of the molecule is CC(C)=C1C(=O)Nc2ccc(S(=O)(=O)Nc3cccc(Br)c3)cc21. The zero-order valence-corrected chi connectivity index (χ0v) is 15.5. The number of carbonyl (C=O) groups is 1. The lowest BCUT2D eigenvalue weighted by Gasteiger charge is -2.10. The van der Waals surface area contributed by atoms with E-state index in [4.69, 9.17) is 0 Å².